The van der Waals surface area contributed by atoms with E-state index in [9.17, 15) is 0 Å². The molecule has 1 unspecified atom stereocenters. The first-order chi connectivity index (χ1) is 8.72. The van der Waals surface area contributed by atoms with E-state index < -0.39 is 0 Å². The van der Waals surface area contributed by atoms with Gasteiger partial charge in [0.25, 0.3) is 0 Å². The van der Waals surface area contributed by atoms with E-state index in [1.54, 1.807) is 11.0 Å². The van der Waals surface area contributed by atoms with Crippen LogP contribution in [-0.4, -0.2) is 27.0 Å². The van der Waals surface area contributed by atoms with Gasteiger partial charge in [0.05, 0.1) is 17.9 Å². The van der Waals surface area contributed by atoms with Gasteiger partial charge in [0.2, 0.25) is 0 Å². The summed E-state index contributed by atoms with van der Waals surface area (Å²) < 4.78 is 0. The van der Waals surface area contributed by atoms with Gasteiger partial charge < -0.3 is 5.32 Å². The number of nitrogens with one attached hydrogen (secondary N) is 1. The molecule has 1 atom stereocenters. The van der Waals surface area contributed by atoms with Gasteiger partial charge in [0, 0.05) is 25.4 Å². The van der Waals surface area contributed by atoms with Crippen molar-refractivity contribution in [1.29, 1.82) is 0 Å². The summed E-state index contributed by atoms with van der Waals surface area (Å²) in [5.74, 6) is 0. The monoisotopic (exact) mass is 245 g/mol. The van der Waals surface area contributed by atoms with E-state index in [0.717, 1.165) is 24.2 Å². The average molecular weight is 245 g/mol. The summed E-state index contributed by atoms with van der Waals surface area (Å²) in [5, 5.41) is 11.7. The van der Waals surface area contributed by atoms with Crippen molar-refractivity contribution in [3.05, 3.63) is 41.5 Å². The molecule has 2 rings (SSSR count). The second-order valence-corrected chi connectivity index (χ2v) is 4.32. The summed E-state index contributed by atoms with van der Waals surface area (Å²) in [4.78, 5) is 6.05. The topological polar surface area (TPSA) is 55.6 Å². The molecule has 5 nitrogen and oxygen atoms in total. The second kappa shape index (κ2) is 5.73. The van der Waals surface area contributed by atoms with Crippen LogP contribution in [0, 0.1) is 0 Å². The van der Waals surface area contributed by atoms with Crippen molar-refractivity contribution in [2.45, 2.75) is 25.8 Å². The largest absolute Gasteiger partial charge is 0.311 e. The molecule has 0 aliphatic rings. The molecular weight excluding hydrogens is 226 g/mol. The minimum Gasteiger partial charge on any atom is -0.311 e. The maximum atomic E-state index is 4.47. The zero-order valence-corrected chi connectivity index (χ0v) is 11.1. The van der Waals surface area contributed by atoms with E-state index in [0.29, 0.717) is 0 Å². The molecule has 2 aromatic heterocycles. The van der Waals surface area contributed by atoms with Crippen LogP contribution in [0.15, 0.2) is 24.5 Å². The fourth-order valence-electron chi connectivity index (χ4n) is 1.87. The van der Waals surface area contributed by atoms with Crippen LogP contribution in [0.5, 0.6) is 0 Å². The molecule has 0 aliphatic carbocycles. The molecular formula is C13H19N5. The molecule has 0 aliphatic heterocycles. The summed E-state index contributed by atoms with van der Waals surface area (Å²) in [6.07, 6.45) is 5.58. The third kappa shape index (κ3) is 2.92. The summed E-state index contributed by atoms with van der Waals surface area (Å²) in [7, 11) is 3.75. The Hall–Kier alpha value is -1.75. The maximum Gasteiger partial charge on any atom is 0.1000 e. The highest BCUT2D eigenvalue weighted by atomic mass is 15.4. The van der Waals surface area contributed by atoms with Crippen molar-refractivity contribution in [2.24, 2.45) is 7.05 Å². The molecule has 0 radical (unpaired) electrons. The number of likely N-dealkylation sites (N-methyl/N-ethyl adjacent to an activating group) is 1. The van der Waals surface area contributed by atoms with Crippen LogP contribution in [-0.2, 0) is 19.9 Å². The third-order valence-electron chi connectivity index (χ3n) is 3.03. The summed E-state index contributed by atoms with van der Waals surface area (Å²) in [5.41, 5.74) is 3.28. The number of hydrogen-bond donors (Lipinski definition) is 1. The van der Waals surface area contributed by atoms with Gasteiger partial charge >= 0.3 is 0 Å². The van der Waals surface area contributed by atoms with E-state index in [2.05, 4.69) is 39.6 Å². The predicted molar refractivity (Wildman–Crippen MR) is 70.1 cm³/mol. The number of rotatable bonds is 5. The van der Waals surface area contributed by atoms with E-state index >= 15 is 0 Å². The molecule has 0 saturated heterocycles. The standard InChI is InChI=1S/C13H19N5/c1-4-10-5-6-11(15-8-10)7-12(14-2)13-9-16-18(3)17-13/h5-6,8-9,12,14H,4,7H2,1-3H3. The normalized spacial score (nSPS) is 12.6. The molecule has 2 heterocycles. The van der Waals surface area contributed by atoms with Crippen LogP contribution in [0.25, 0.3) is 0 Å². The van der Waals surface area contributed by atoms with Gasteiger partial charge in [0.1, 0.15) is 0 Å². The zero-order chi connectivity index (χ0) is 13.0. The molecule has 0 saturated carbocycles. The zero-order valence-electron chi connectivity index (χ0n) is 11.1. The molecule has 5 heteroatoms. The lowest BCUT2D eigenvalue weighted by Gasteiger charge is -2.12. The molecule has 0 aromatic carbocycles. The fourth-order valence-corrected chi connectivity index (χ4v) is 1.87. The molecule has 96 valence electrons. The molecule has 1 N–H and O–H groups in total. The number of aryl methyl sites for hydroxylation is 2. The van der Waals surface area contributed by atoms with Crippen molar-refractivity contribution < 1.29 is 0 Å². The lowest BCUT2D eigenvalue weighted by Crippen LogP contribution is -2.20. The summed E-state index contributed by atoms with van der Waals surface area (Å²) in [6, 6.07) is 4.37. The highest BCUT2D eigenvalue weighted by molar-refractivity contribution is 5.16. The van der Waals surface area contributed by atoms with Crippen LogP contribution in [0.4, 0.5) is 0 Å². The lowest BCUT2D eigenvalue weighted by atomic mass is 10.1. The van der Waals surface area contributed by atoms with E-state index in [1.165, 1.54) is 5.56 Å². The second-order valence-electron chi connectivity index (χ2n) is 4.32. The maximum absolute atomic E-state index is 4.47. The Balaban J connectivity index is 2.10. The molecule has 0 fully saturated rings. The summed E-state index contributed by atoms with van der Waals surface area (Å²) >= 11 is 0. The van der Waals surface area contributed by atoms with E-state index in [4.69, 9.17) is 0 Å². The van der Waals surface area contributed by atoms with Crippen molar-refractivity contribution in [3.63, 3.8) is 0 Å². The highest BCUT2D eigenvalue weighted by Gasteiger charge is 2.14. The SMILES string of the molecule is CCc1ccc(CC(NC)c2cnn(C)n2)nc1. The number of aromatic nitrogens is 4. The first kappa shape index (κ1) is 12.7. The van der Waals surface area contributed by atoms with Crippen molar-refractivity contribution in [2.75, 3.05) is 7.05 Å². The van der Waals surface area contributed by atoms with Gasteiger partial charge in [-0.25, -0.2) is 0 Å². The predicted octanol–water partition coefficient (Wildman–Crippen LogP) is 1.28. The average Bonchev–Trinajstić information content (AvgIpc) is 2.83. The van der Waals surface area contributed by atoms with Gasteiger partial charge in [0.15, 0.2) is 0 Å². The van der Waals surface area contributed by atoms with Crippen LogP contribution in [0.1, 0.15) is 29.9 Å². The first-order valence-corrected chi connectivity index (χ1v) is 6.20. The Bertz CT molecular complexity index is 488. The van der Waals surface area contributed by atoms with Crippen molar-refractivity contribution in [3.8, 4) is 0 Å². The van der Waals surface area contributed by atoms with E-state index in [-0.39, 0.29) is 6.04 Å². The van der Waals surface area contributed by atoms with Crippen molar-refractivity contribution in [1.82, 2.24) is 25.3 Å². The van der Waals surface area contributed by atoms with Crippen LogP contribution >= 0.6 is 0 Å². The molecule has 2 aromatic rings. The number of nitrogens with zero attached hydrogens (tertiary/aromatic N) is 4. The highest BCUT2D eigenvalue weighted by Crippen LogP contribution is 2.14. The molecule has 18 heavy (non-hydrogen) atoms. The van der Waals surface area contributed by atoms with Gasteiger partial charge in [-0.2, -0.15) is 15.0 Å². The third-order valence-corrected chi connectivity index (χ3v) is 3.03. The van der Waals surface area contributed by atoms with Gasteiger partial charge in [-0.1, -0.05) is 13.0 Å². The minimum absolute atomic E-state index is 0.152. The number of pyridine rings is 1. The molecule has 0 spiro atoms. The Morgan fingerprint density at radius 3 is 2.67 bits per heavy atom. The van der Waals surface area contributed by atoms with Gasteiger partial charge in [-0.3, -0.25) is 4.98 Å². The number of hydrogen-bond acceptors (Lipinski definition) is 4. The van der Waals surface area contributed by atoms with Crippen molar-refractivity contribution >= 4 is 0 Å². The van der Waals surface area contributed by atoms with Crippen LogP contribution in [0.2, 0.25) is 0 Å². The molecule has 0 bridgehead atoms. The van der Waals surface area contributed by atoms with Crippen LogP contribution in [0.3, 0.4) is 0 Å². The first-order valence-electron chi connectivity index (χ1n) is 6.20. The minimum atomic E-state index is 0.152. The van der Waals surface area contributed by atoms with Gasteiger partial charge in [-0.15, -0.1) is 0 Å². The Morgan fingerprint density at radius 1 is 1.33 bits per heavy atom. The van der Waals surface area contributed by atoms with Gasteiger partial charge in [-0.05, 0) is 25.1 Å². The smallest absolute Gasteiger partial charge is 0.1000 e. The Labute approximate surface area is 107 Å². The quantitative estimate of drug-likeness (QED) is 0.862. The lowest BCUT2D eigenvalue weighted by molar-refractivity contribution is 0.551. The molecule has 0 amide bonds. The Morgan fingerprint density at radius 2 is 2.17 bits per heavy atom. The fraction of sp³-hybridized carbons (Fsp3) is 0.462. The van der Waals surface area contributed by atoms with E-state index in [1.807, 2.05) is 20.3 Å². The summed E-state index contributed by atoms with van der Waals surface area (Å²) in [6.45, 7) is 2.13. The Kier molecular flexibility index (Phi) is 4.04. The van der Waals surface area contributed by atoms with Crippen LogP contribution < -0.4 is 5.32 Å².